The zero-order valence-corrected chi connectivity index (χ0v) is 17.4. The number of amides is 1. The molecule has 1 aliphatic carbocycles. The van der Waals surface area contributed by atoms with Gasteiger partial charge >= 0.3 is 0 Å². The van der Waals surface area contributed by atoms with Gasteiger partial charge in [-0.15, -0.1) is 0 Å². The SMILES string of the molecule is Cc1nn(-c2ccccc2)c(C)c1NC(=O)C[NH+](C)[C@H]1CCCc2ccccc21. The van der Waals surface area contributed by atoms with E-state index in [0.29, 0.717) is 12.6 Å². The molecule has 1 heterocycles. The molecule has 3 aromatic rings. The number of carbonyl (C=O) groups excluding carboxylic acids is 1. The van der Waals surface area contributed by atoms with Gasteiger partial charge in [0.25, 0.3) is 5.91 Å². The van der Waals surface area contributed by atoms with Crippen LogP contribution in [-0.4, -0.2) is 29.3 Å². The van der Waals surface area contributed by atoms with E-state index in [1.807, 2.05) is 48.9 Å². The van der Waals surface area contributed by atoms with Crippen molar-refractivity contribution >= 4 is 11.6 Å². The molecule has 0 saturated heterocycles. The highest BCUT2D eigenvalue weighted by atomic mass is 16.2. The number of quaternary nitrogens is 1. The molecule has 1 aliphatic rings. The van der Waals surface area contributed by atoms with Gasteiger partial charge in [-0.05, 0) is 44.4 Å². The van der Waals surface area contributed by atoms with Crippen molar-refractivity contribution in [3.8, 4) is 5.69 Å². The van der Waals surface area contributed by atoms with E-state index < -0.39 is 0 Å². The highest BCUT2D eigenvalue weighted by molar-refractivity contribution is 5.92. The fourth-order valence-corrected chi connectivity index (χ4v) is 4.47. The van der Waals surface area contributed by atoms with Gasteiger partial charge in [-0.2, -0.15) is 5.10 Å². The van der Waals surface area contributed by atoms with E-state index in [2.05, 4.69) is 41.7 Å². The van der Waals surface area contributed by atoms with Gasteiger partial charge in [0, 0.05) is 12.0 Å². The van der Waals surface area contributed by atoms with Crippen LogP contribution in [0.5, 0.6) is 0 Å². The van der Waals surface area contributed by atoms with Crippen molar-refractivity contribution in [3.05, 3.63) is 77.1 Å². The van der Waals surface area contributed by atoms with Crippen LogP contribution < -0.4 is 10.2 Å². The van der Waals surface area contributed by atoms with E-state index in [9.17, 15) is 4.79 Å². The highest BCUT2D eigenvalue weighted by Gasteiger charge is 2.28. The minimum Gasteiger partial charge on any atom is -0.323 e. The third-order valence-corrected chi connectivity index (χ3v) is 5.96. The predicted molar refractivity (Wildman–Crippen MR) is 116 cm³/mol. The molecule has 2 aromatic carbocycles. The van der Waals surface area contributed by atoms with Gasteiger partial charge < -0.3 is 10.2 Å². The Morgan fingerprint density at radius 2 is 1.86 bits per heavy atom. The molecule has 0 spiro atoms. The molecule has 0 radical (unpaired) electrons. The normalized spacial score (nSPS) is 16.9. The summed E-state index contributed by atoms with van der Waals surface area (Å²) in [5.74, 6) is 0.0318. The zero-order valence-electron chi connectivity index (χ0n) is 17.4. The van der Waals surface area contributed by atoms with Crippen LogP contribution in [0.3, 0.4) is 0 Å². The number of fused-ring (bicyclic) bond motifs is 1. The Morgan fingerprint density at radius 3 is 2.66 bits per heavy atom. The molecule has 0 saturated carbocycles. The second-order valence-corrected chi connectivity index (χ2v) is 8.01. The molecule has 2 N–H and O–H groups in total. The van der Waals surface area contributed by atoms with Crippen molar-refractivity contribution < 1.29 is 9.69 Å². The van der Waals surface area contributed by atoms with E-state index in [4.69, 9.17) is 0 Å². The number of anilines is 1. The van der Waals surface area contributed by atoms with Gasteiger partial charge in [-0.25, -0.2) is 4.68 Å². The lowest BCUT2D eigenvalue weighted by Crippen LogP contribution is -3.10. The average Bonchev–Trinajstić information content (AvgIpc) is 3.02. The number of nitrogens with zero attached hydrogens (tertiary/aromatic N) is 2. The summed E-state index contributed by atoms with van der Waals surface area (Å²) >= 11 is 0. The second kappa shape index (κ2) is 8.21. The molecule has 0 bridgehead atoms. The first-order valence-electron chi connectivity index (χ1n) is 10.4. The largest absolute Gasteiger partial charge is 0.323 e. The van der Waals surface area contributed by atoms with Crippen LogP contribution in [0.1, 0.15) is 41.4 Å². The summed E-state index contributed by atoms with van der Waals surface area (Å²) in [4.78, 5) is 14.1. The van der Waals surface area contributed by atoms with Gasteiger partial charge in [0.2, 0.25) is 0 Å². The Labute approximate surface area is 172 Å². The van der Waals surface area contributed by atoms with Crippen molar-refractivity contribution in [2.75, 3.05) is 18.9 Å². The van der Waals surface area contributed by atoms with Crippen molar-refractivity contribution in [1.82, 2.24) is 9.78 Å². The van der Waals surface area contributed by atoms with Crippen LogP contribution in [0.2, 0.25) is 0 Å². The van der Waals surface area contributed by atoms with Gasteiger partial charge in [-0.3, -0.25) is 4.79 Å². The molecule has 5 heteroatoms. The number of nitrogens with one attached hydrogen (secondary N) is 2. The number of rotatable bonds is 5. The molecule has 1 amide bonds. The molecule has 5 nitrogen and oxygen atoms in total. The zero-order chi connectivity index (χ0) is 20.4. The molecular weight excluding hydrogens is 360 g/mol. The molecule has 150 valence electrons. The minimum atomic E-state index is 0.0318. The van der Waals surface area contributed by atoms with Gasteiger partial charge in [0.1, 0.15) is 6.04 Å². The Morgan fingerprint density at radius 1 is 1.14 bits per heavy atom. The first-order chi connectivity index (χ1) is 14.0. The fourth-order valence-electron chi connectivity index (χ4n) is 4.47. The minimum absolute atomic E-state index is 0.0318. The summed E-state index contributed by atoms with van der Waals surface area (Å²) in [6, 6.07) is 19.0. The lowest BCUT2D eigenvalue weighted by molar-refractivity contribution is -0.905. The first-order valence-corrected chi connectivity index (χ1v) is 10.4. The second-order valence-electron chi connectivity index (χ2n) is 8.01. The monoisotopic (exact) mass is 389 g/mol. The molecule has 0 aliphatic heterocycles. The molecular formula is C24H29N4O+. The number of aromatic nitrogens is 2. The maximum Gasteiger partial charge on any atom is 0.279 e. The average molecular weight is 390 g/mol. The van der Waals surface area contributed by atoms with Crippen LogP contribution in [0.4, 0.5) is 5.69 Å². The Kier molecular flexibility index (Phi) is 5.49. The summed E-state index contributed by atoms with van der Waals surface area (Å²) < 4.78 is 1.89. The Balaban J connectivity index is 1.48. The van der Waals surface area contributed by atoms with Crippen LogP contribution in [-0.2, 0) is 11.2 Å². The van der Waals surface area contributed by atoms with Crippen LogP contribution in [0.15, 0.2) is 54.6 Å². The third-order valence-electron chi connectivity index (χ3n) is 5.96. The van der Waals surface area contributed by atoms with Gasteiger partial charge in [-0.1, -0.05) is 42.5 Å². The van der Waals surface area contributed by atoms with Crippen molar-refractivity contribution in [2.24, 2.45) is 0 Å². The molecule has 4 rings (SSSR count). The topological polar surface area (TPSA) is 51.4 Å². The summed E-state index contributed by atoms with van der Waals surface area (Å²) in [6.07, 6.45) is 3.45. The third kappa shape index (κ3) is 3.96. The summed E-state index contributed by atoms with van der Waals surface area (Å²) in [6.45, 7) is 4.38. The van der Waals surface area contributed by atoms with Crippen molar-refractivity contribution in [1.29, 1.82) is 0 Å². The van der Waals surface area contributed by atoms with E-state index in [-0.39, 0.29) is 5.91 Å². The smallest absolute Gasteiger partial charge is 0.279 e. The lowest BCUT2D eigenvalue weighted by Gasteiger charge is -2.30. The van der Waals surface area contributed by atoms with Crippen LogP contribution >= 0.6 is 0 Å². The van der Waals surface area contributed by atoms with E-state index in [0.717, 1.165) is 35.6 Å². The number of hydrogen-bond donors (Lipinski definition) is 2. The number of carbonyl (C=O) groups is 1. The highest BCUT2D eigenvalue weighted by Crippen LogP contribution is 2.27. The van der Waals surface area contributed by atoms with Crippen molar-refractivity contribution in [2.45, 2.75) is 39.2 Å². The van der Waals surface area contributed by atoms with E-state index in [1.165, 1.54) is 22.4 Å². The molecule has 1 unspecified atom stereocenters. The van der Waals surface area contributed by atoms with Gasteiger partial charge in [0.05, 0.1) is 29.8 Å². The molecule has 0 fully saturated rings. The van der Waals surface area contributed by atoms with Gasteiger partial charge in [0.15, 0.2) is 6.54 Å². The number of hydrogen-bond acceptors (Lipinski definition) is 2. The standard InChI is InChI=1S/C24H28N4O/c1-17-24(18(2)28(26-17)20-12-5-4-6-13-20)25-23(29)16-27(3)22-15-9-11-19-10-7-8-14-21(19)22/h4-8,10,12-14,22H,9,11,15-16H2,1-3H3,(H,25,29)/p+1/t22-/m0/s1. The lowest BCUT2D eigenvalue weighted by atomic mass is 9.87. The van der Waals surface area contributed by atoms with Crippen molar-refractivity contribution in [3.63, 3.8) is 0 Å². The number of para-hydroxylation sites is 1. The summed E-state index contributed by atoms with van der Waals surface area (Å²) in [7, 11) is 2.12. The summed E-state index contributed by atoms with van der Waals surface area (Å²) in [5, 5.41) is 7.75. The number of benzene rings is 2. The van der Waals surface area contributed by atoms with E-state index >= 15 is 0 Å². The predicted octanol–water partition coefficient (Wildman–Crippen LogP) is 3.02. The Bertz CT molecular complexity index is 1010. The molecule has 2 atom stereocenters. The fraction of sp³-hybridized carbons (Fsp3) is 0.333. The Hall–Kier alpha value is -2.92. The molecule has 29 heavy (non-hydrogen) atoms. The van der Waals surface area contributed by atoms with E-state index in [1.54, 1.807) is 0 Å². The number of aryl methyl sites for hydroxylation is 2. The first kappa shape index (κ1) is 19.4. The maximum atomic E-state index is 12.9. The summed E-state index contributed by atoms with van der Waals surface area (Å²) in [5.41, 5.74) is 6.42. The quantitative estimate of drug-likeness (QED) is 0.705. The van der Waals surface area contributed by atoms with Crippen LogP contribution in [0, 0.1) is 13.8 Å². The maximum absolute atomic E-state index is 12.9. The van der Waals surface area contributed by atoms with Crippen LogP contribution in [0.25, 0.3) is 5.69 Å². The molecule has 1 aromatic heterocycles. The number of likely N-dealkylation sites (N-methyl/N-ethyl adjacent to an activating group) is 1.